The van der Waals surface area contributed by atoms with Crippen LogP contribution in [0.5, 0.6) is 0 Å². The van der Waals surface area contributed by atoms with E-state index in [9.17, 15) is 5.11 Å². The molecule has 66 valence electrons. The van der Waals surface area contributed by atoms with Crippen molar-refractivity contribution in [1.29, 1.82) is 0 Å². The van der Waals surface area contributed by atoms with Crippen LogP contribution in [0.1, 0.15) is 0 Å². The van der Waals surface area contributed by atoms with Gasteiger partial charge in [0.15, 0.2) is 0 Å². The highest BCUT2D eigenvalue weighted by molar-refractivity contribution is 5.10. The van der Waals surface area contributed by atoms with Crippen molar-refractivity contribution >= 4 is 0 Å². The summed E-state index contributed by atoms with van der Waals surface area (Å²) in [6.07, 6.45) is -0.963. The van der Waals surface area contributed by atoms with E-state index in [4.69, 9.17) is 15.7 Å². The molecular formula is C6H9N3O3. The second-order valence-corrected chi connectivity index (χ2v) is 2.55. The molecule has 0 bridgehead atoms. The molecule has 0 unspecified atom stereocenters. The summed E-state index contributed by atoms with van der Waals surface area (Å²) in [5.74, 6) is 0. The number of aliphatic hydroxyl groups is 3. The summed E-state index contributed by atoms with van der Waals surface area (Å²) >= 11 is 0. The second kappa shape index (κ2) is 3.55. The van der Waals surface area contributed by atoms with Gasteiger partial charge in [-0.1, -0.05) is 17.3 Å². The fraction of sp³-hybridized carbons (Fsp3) is 0.667. The van der Waals surface area contributed by atoms with Gasteiger partial charge in [0.25, 0.3) is 0 Å². The average molecular weight is 171 g/mol. The molecule has 0 saturated carbocycles. The lowest BCUT2D eigenvalue weighted by Crippen LogP contribution is -2.45. The maximum Gasteiger partial charge on any atom is 0.110 e. The predicted octanol–water partition coefficient (Wildman–Crippen LogP) is -0.682. The van der Waals surface area contributed by atoms with E-state index < -0.39 is 24.4 Å². The number of nitrogens with zero attached hydrogens (tertiary/aromatic N) is 3. The van der Waals surface area contributed by atoms with Crippen molar-refractivity contribution in [3.8, 4) is 0 Å². The van der Waals surface area contributed by atoms with Gasteiger partial charge in [-0.05, 0) is 5.53 Å². The Hall–Kier alpha value is -1.07. The molecule has 0 heterocycles. The lowest BCUT2D eigenvalue weighted by atomic mass is 9.95. The molecule has 0 aliphatic heterocycles. The fourth-order valence-electron chi connectivity index (χ4n) is 1.03. The molecule has 1 aliphatic carbocycles. The molecule has 0 fully saturated rings. The van der Waals surface area contributed by atoms with E-state index in [0.717, 1.165) is 0 Å². The van der Waals surface area contributed by atoms with Gasteiger partial charge in [-0.2, -0.15) is 0 Å². The zero-order valence-corrected chi connectivity index (χ0v) is 6.15. The van der Waals surface area contributed by atoms with Gasteiger partial charge in [-0.3, -0.25) is 0 Å². The van der Waals surface area contributed by atoms with E-state index >= 15 is 0 Å². The molecule has 0 aromatic heterocycles. The van der Waals surface area contributed by atoms with Crippen LogP contribution in [0.25, 0.3) is 10.4 Å². The van der Waals surface area contributed by atoms with Crippen molar-refractivity contribution in [2.24, 2.45) is 5.11 Å². The minimum absolute atomic E-state index is 0.798. The van der Waals surface area contributed by atoms with Crippen LogP contribution in [0.4, 0.5) is 0 Å². The number of aliphatic hydroxyl groups excluding tert-OH is 3. The van der Waals surface area contributed by atoms with Gasteiger partial charge in [0.2, 0.25) is 0 Å². The molecule has 3 N–H and O–H groups in total. The third-order valence-electron chi connectivity index (χ3n) is 1.74. The summed E-state index contributed by atoms with van der Waals surface area (Å²) < 4.78 is 0. The maximum absolute atomic E-state index is 9.21. The Bertz CT molecular complexity index is 236. The van der Waals surface area contributed by atoms with Crippen LogP contribution >= 0.6 is 0 Å². The molecule has 0 aromatic rings. The Morgan fingerprint density at radius 3 is 2.42 bits per heavy atom. The second-order valence-electron chi connectivity index (χ2n) is 2.55. The van der Waals surface area contributed by atoms with E-state index in [1.165, 1.54) is 12.2 Å². The van der Waals surface area contributed by atoms with Crippen LogP contribution in [-0.2, 0) is 0 Å². The van der Waals surface area contributed by atoms with E-state index in [-0.39, 0.29) is 0 Å². The topological polar surface area (TPSA) is 109 Å². The minimum atomic E-state index is -1.29. The molecule has 12 heavy (non-hydrogen) atoms. The fourth-order valence-corrected chi connectivity index (χ4v) is 1.03. The number of rotatable bonds is 1. The first kappa shape index (κ1) is 9.02. The van der Waals surface area contributed by atoms with Gasteiger partial charge in [0.05, 0.1) is 12.1 Å². The van der Waals surface area contributed by atoms with Gasteiger partial charge in [0, 0.05) is 4.91 Å². The zero-order valence-electron chi connectivity index (χ0n) is 6.15. The summed E-state index contributed by atoms with van der Waals surface area (Å²) in [6, 6.07) is -0.798. The summed E-state index contributed by atoms with van der Waals surface area (Å²) in [7, 11) is 0. The highest BCUT2D eigenvalue weighted by atomic mass is 16.4. The average Bonchev–Trinajstić information content (AvgIpc) is 2.07. The molecule has 0 spiro atoms. The van der Waals surface area contributed by atoms with Gasteiger partial charge in [0.1, 0.15) is 12.2 Å². The summed E-state index contributed by atoms with van der Waals surface area (Å²) in [6.45, 7) is 0. The number of azide groups is 1. The van der Waals surface area contributed by atoms with Crippen LogP contribution in [0, 0.1) is 0 Å². The van der Waals surface area contributed by atoms with E-state index in [2.05, 4.69) is 10.0 Å². The Kier molecular flexibility index (Phi) is 2.67. The Morgan fingerprint density at radius 1 is 1.17 bits per heavy atom. The molecule has 1 aliphatic rings. The van der Waals surface area contributed by atoms with E-state index in [1.807, 2.05) is 0 Å². The quantitative estimate of drug-likeness (QED) is 0.210. The molecule has 4 atom stereocenters. The van der Waals surface area contributed by atoms with Crippen molar-refractivity contribution in [3.05, 3.63) is 22.6 Å². The third kappa shape index (κ3) is 1.57. The maximum atomic E-state index is 9.21. The summed E-state index contributed by atoms with van der Waals surface area (Å²) in [5.41, 5.74) is 8.06. The smallest absolute Gasteiger partial charge is 0.110 e. The van der Waals surface area contributed by atoms with Crippen LogP contribution in [0.15, 0.2) is 17.3 Å². The normalized spacial score (nSPS) is 40.6. The Balaban J connectivity index is 2.80. The van der Waals surface area contributed by atoms with Crippen molar-refractivity contribution in [1.82, 2.24) is 0 Å². The number of hydrogen-bond donors (Lipinski definition) is 3. The predicted molar refractivity (Wildman–Crippen MR) is 40.1 cm³/mol. The van der Waals surface area contributed by atoms with Crippen molar-refractivity contribution in [2.45, 2.75) is 24.4 Å². The summed E-state index contributed by atoms with van der Waals surface area (Å²) in [4.78, 5) is 2.49. The molecular weight excluding hydrogens is 162 g/mol. The standard InChI is InChI=1S/C6H9N3O3/c7-9-8-3-1-2-4(10)6(12)5(3)11/h1-6,10-12H/t3-,4-,5+,6+/m1/s1. The summed E-state index contributed by atoms with van der Waals surface area (Å²) in [5, 5.41) is 30.5. The lowest BCUT2D eigenvalue weighted by Gasteiger charge is -2.27. The molecule has 0 aromatic carbocycles. The monoisotopic (exact) mass is 171 g/mol. The largest absolute Gasteiger partial charge is 0.390 e. The minimum Gasteiger partial charge on any atom is -0.390 e. The molecule has 0 radical (unpaired) electrons. The zero-order chi connectivity index (χ0) is 9.14. The third-order valence-corrected chi connectivity index (χ3v) is 1.74. The van der Waals surface area contributed by atoms with Crippen LogP contribution < -0.4 is 0 Å². The van der Waals surface area contributed by atoms with Crippen molar-refractivity contribution < 1.29 is 15.3 Å². The van der Waals surface area contributed by atoms with Crippen LogP contribution in [0.2, 0.25) is 0 Å². The molecule has 0 saturated heterocycles. The molecule has 6 nitrogen and oxygen atoms in total. The van der Waals surface area contributed by atoms with Crippen molar-refractivity contribution in [2.75, 3.05) is 0 Å². The first-order valence-electron chi connectivity index (χ1n) is 3.43. The van der Waals surface area contributed by atoms with E-state index in [0.29, 0.717) is 0 Å². The number of hydrogen-bond acceptors (Lipinski definition) is 4. The van der Waals surface area contributed by atoms with Gasteiger partial charge in [-0.25, -0.2) is 0 Å². The van der Waals surface area contributed by atoms with Crippen LogP contribution in [-0.4, -0.2) is 39.7 Å². The van der Waals surface area contributed by atoms with Gasteiger partial charge in [-0.15, -0.1) is 0 Å². The van der Waals surface area contributed by atoms with Crippen LogP contribution in [0.3, 0.4) is 0 Å². The first-order valence-corrected chi connectivity index (χ1v) is 3.43. The molecule has 6 heteroatoms. The first-order chi connectivity index (χ1) is 5.66. The highest BCUT2D eigenvalue weighted by Crippen LogP contribution is 2.16. The lowest BCUT2D eigenvalue weighted by molar-refractivity contribution is -0.0517. The van der Waals surface area contributed by atoms with Gasteiger partial charge < -0.3 is 15.3 Å². The van der Waals surface area contributed by atoms with Gasteiger partial charge >= 0.3 is 0 Å². The highest BCUT2D eigenvalue weighted by Gasteiger charge is 2.31. The Labute approximate surface area is 68.4 Å². The van der Waals surface area contributed by atoms with Crippen molar-refractivity contribution in [3.63, 3.8) is 0 Å². The molecule has 1 rings (SSSR count). The Morgan fingerprint density at radius 2 is 1.83 bits per heavy atom. The SMILES string of the molecule is [N-]=[N+]=N[C@@H]1C=C[C@@H](O)[C@H](O)[C@H]1O. The van der Waals surface area contributed by atoms with E-state index in [1.54, 1.807) is 0 Å². The molecule has 0 amide bonds.